The van der Waals surface area contributed by atoms with Gasteiger partial charge in [-0.1, -0.05) is 12.5 Å². The molecule has 102 valence electrons. The summed E-state index contributed by atoms with van der Waals surface area (Å²) >= 11 is 0. The molecule has 0 amide bonds. The van der Waals surface area contributed by atoms with Gasteiger partial charge in [-0.15, -0.1) is 0 Å². The number of piperidine rings is 2. The van der Waals surface area contributed by atoms with E-state index in [0.29, 0.717) is 24.3 Å². The Kier molecular flexibility index (Phi) is 3.65. The van der Waals surface area contributed by atoms with E-state index in [-0.39, 0.29) is 5.92 Å². The van der Waals surface area contributed by atoms with E-state index < -0.39 is 0 Å². The van der Waals surface area contributed by atoms with Crippen LogP contribution >= 0.6 is 0 Å². The molecule has 2 aliphatic rings. The molecule has 0 spiro atoms. The van der Waals surface area contributed by atoms with Crippen LogP contribution in [0.25, 0.3) is 0 Å². The standard InChI is InChI=1S/C16H22N2O/c1-18-14-6-4-7-15(18)10-12(9-14)16(19)11-13-5-2-3-8-17-13/h2-3,5,8,12,14-15H,4,6-7,9-11H2,1H3. The number of ketones is 1. The zero-order valence-electron chi connectivity index (χ0n) is 11.6. The first-order valence-corrected chi connectivity index (χ1v) is 7.38. The van der Waals surface area contributed by atoms with Crippen LogP contribution in [0.3, 0.4) is 0 Å². The molecule has 2 atom stereocenters. The minimum atomic E-state index is 0.258. The summed E-state index contributed by atoms with van der Waals surface area (Å²) in [5.41, 5.74) is 0.914. The maximum atomic E-state index is 12.4. The van der Waals surface area contributed by atoms with Crippen molar-refractivity contribution in [1.29, 1.82) is 0 Å². The van der Waals surface area contributed by atoms with Gasteiger partial charge in [-0.05, 0) is 44.9 Å². The number of carbonyl (C=O) groups is 1. The average molecular weight is 258 g/mol. The monoisotopic (exact) mass is 258 g/mol. The van der Waals surface area contributed by atoms with Crippen LogP contribution in [0.2, 0.25) is 0 Å². The van der Waals surface area contributed by atoms with E-state index >= 15 is 0 Å². The number of hydrogen-bond acceptors (Lipinski definition) is 3. The molecule has 3 rings (SSSR count). The quantitative estimate of drug-likeness (QED) is 0.835. The number of fused-ring (bicyclic) bond motifs is 2. The van der Waals surface area contributed by atoms with Crippen LogP contribution in [0.15, 0.2) is 24.4 Å². The molecule has 2 aliphatic heterocycles. The molecule has 19 heavy (non-hydrogen) atoms. The highest BCUT2D eigenvalue weighted by Gasteiger charge is 2.38. The Morgan fingerprint density at radius 3 is 2.68 bits per heavy atom. The van der Waals surface area contributed by atoms with Gasteiger partial charge >= 0.3 is 0 Å². The highest BCUT2D eigenvalue weighted by atomic mass is 16.1. The predicted octanol–water partition coefficient (Wildman–Crippen LogP) is 2.46. The number of rotatable bonds is 3. The zero-order valence-corrected chi connectivity index (χ0v) is 11.6. The van der Waals surface area contributed by atoms with Gasteiger partial charge in [0.1, 0.15) is 5.78 Å². The van der Waals surface area contributed by atoms with Crippen LogP contribution < -0.4 is 0 Å². The zero-order chi connectivity index (χ0) is 13.2. The van der Waals surface area contributed by atoms with Crippen molar-refractivity contribution in [3.05, 3.63) is 30.1 Å². The van der Waals surface area contributed by atoms with Gasteiger partial charge < -0.3 is 4.90 Å². The summed E-state index contributed by atoms with van der Waals surface area (Å²) in [4.78, 5) is 19.2. The molecule has 0 saturated carbocycles. The summed E-state index contributed by atoms with van der Waals surface area (Å²) in [5, 5.41) is 0. The fourth-order valence-electron chi connectivity index (χ4n) is 3.70. The fourth-order valence-corrected chi connectivity index (χ4v) is 3.70. The molecule has 2 fully saturated rings. The van der Waals surface area contributed by atoms with Crippen molar-refractivity contribution in [1.82, 2.24) is 9.88 Å². The maximum Gasteiger partial charge on any atom is 0.142 e. The lowest BCUT2D eigenvalue weighted by Gasteiger charge is -2.46. The Bertz CT molecular complexity index is 431. The van der Waals surface area contributed by atoms with Crippen LogP contribution in [0.1, 0.15) is 37.8 Å². The van der Waals surface area contributed by atoms with Crippen molar-refractivity contribution in [2.24, 2.45) is 5.92 Å². The molecule has 1 aromatic rings. The van der Waals surface area contributed by atoms with E-state index in [2.05, 4.69) is 16.9 Å². The number of pyridine rings is 1. The lowest BCUT2D eigenvalue weighted by atomic mass is 9.76. The Morgan fingerprint density at radius 2 is 2.05 bits per heavy atom. The molecule has 0 radical (unpaired) electrons. The van der Waals surface area contributed by atoms with E-state index in [4.69, 9.17) is 0 Å². The molecular weight excluding hydrogens is 236 g/mol. The van der Waals surface area contributed by atoms with Gasteiger partial charge in [0.05, 0.1) is 0 Å². The summed E-state index contributed by atoms with van der Waals surface area (Å²) in [7, 11) is 2.23. The Hall–Kier alpha value is -1.22. The topological polar surface area (TPSA) is 33.2 Å². The van der Waals surface area contributed by atoms with Gasteiger partial charge in [0.15, 0.2) is 0 Å². The molecule has 0 aromatic carbocycles. The SMILES string of the molecule is CN1C2CCCC1CC(C(=O)Cc1ccccn1)C2. The molecule has 3 heterocycles. The summed E-state index contributed by atoms with van der Waals surface area (Å²) < 4.78 is 0. The van der Waals surface area contributed by atoms with Crippen LogP contribution in [-0.2, 0) is 11.2 Å². The van der Waals surface area contributed by atoms with Gasteiger partial charge in [-0.3, -0.25) is 9.78 Å². The second-order valence-corrected chi connectivity index (χ2v) is 6.04. The first-order valence-electron chi connectivity index (χ1n) is 7.38. The van der Waals surface area contributed by atoms with Crippen LogP contribution in [0, 0.1) is 5.92 Å². The van der Waals surface area contributed by atoms with E-state index in [0.717, 1.165) is 18.5 Å². The first-order chi connectivity index (χ1) is 9.24. The molecule has 3 nitrogen and oxygen atoms in total. The number of aromatic nitrogens is 1. The lowest BCUT2D eigenvalue weighted by molar-refractivity contribution is -0.126. The largest absolute Gasteiger partial charge is 0.300 e. The number of carbonyl (C=O) groups excluding carboxylic acids is 1. The van der Waals surface area contributed by atoms with Crippen molar-refractivity contribution < 1.29 is 4.79 Å². The fraction of sp³-hybridized carbons (Fsp3) is 0.625. The highest BCUT2D eigenvalue weighted by Crippen LogP contribution is 2.36. The molecule has 0 N–H and O–H groups in total. The molecule has 2 unspecified atom stereocenters. The van der Waals surface area contributed by atoms with Crippen molar-refractivity contribution in [3.8, 4) is 0 Å². The number of Topliss-reactive ketones (excluding diaryl/α,β-unsaturated/α-hetero) is 1. The third-order valence-electron chi connectivity index (χ3n) is 4.88. The second-order valence-electron chi connectivity index (χ2n) is 6.04. The van der Waals surface area contributed by atoms with Crippen LogP contribution in [0.4, 0.5) is 0 Å². The average Bonchev–Trinajstić information content (AvgIpc) is 2.39. The molecule has 2 bridgehead atoms. The molecule has 1 aromatic heterocycles. The van der Waals surface area contributed by atoms with Crippen molar-refractivity contribution >= 4 is 5.78 Å². The number of hydrogen-bond donors (Lipinski definition) is 0. The Morgan fingerprint density at radius 1 is 1.32 bits per heavy atom. The normalized spacial score (nSPS) is 31.1. The Balaban J connectivity index is 1.65. The maximum absolute atomic E-state index is 12.4. The molecular formula is C16H22N2O. The van der Waals surface area contributed by atoms with E-state index in [1.807, 2.05) is 18.2 Å². The minimum Gasteiger partial charge on any atom is -0.300 e. The molecule has 0 aliphatic carbocycles. The summed E-state index contributed by atoms with van der Waals surface area (Å²) in [5.74, 6) is 0.650. The van der Waals surface area contributed by atoms with Gasteiger partial charge in [-0.2, -0.15) is 0 Å². The smallest absolute Gasteiger partial charge is 0.142 e. The minimum absolute atomic E-state index is 0.258. The summed E-state index contributed by atoms with van der Waals surface area (Å²) in [6, 6.07) is 7.07. The van der Waals surface area contributed by atoms with E-state index in [9.17, 15) is 4.79 Å². The third-order valence-corrected chi connectivity index (χ3v) is 4.88. The van der Waals surface area contributed by atoms with Crippen molar-refractivity contribution in [2.45, 2.75) is 50.6 Å². The van der Waals surface area contributed by atoms with Gasteiger partial charge in [0.25, 0.3) is 0 Å². The second kappa shape index (κ2) is 5.41. The highest BCUT2D eigenvalue weighted by molar-refractivity contribution is 5.83. The van der Waals surface area contributed by atoms with Gasteiger partial charge in [-0.25, -0.2) is 0 Å². The van der Waals surface area contributed by atoms with Crippen molar-refractivity contribution in [2.75, 3.05) is 7.05 Å². The van der Waals surface area contributed by atoms with Crippen LogP contribution in [0.5, 0.6) is 0 Å². The summed E-state index contributed by atoms with van der Waals surface area (Å²) in [6.07, 6.45) is 8.25. The Labute approximate surface area is 115 Å². The van der Waals surface area contributed by atoms with E-state index in [1.54, 1.807) is 6.20 Å². The lowest BCUT2D eigenvalue weighted by Crippen LogP contribution is -2.51. The molecule has 3 heteroatoms. The van der Waals surface area contributed by atoms with Crippen molar-refractivity contribution in [3.63, 3.8) is 0 Å². The first kappa shape index (κ1) is 12.8. The molecule has 2 saturated heterocycles. The van der Waals surface area contributed by atoms with Gasteiger partial charge in [0, 0.05) is 36.3 Å². The van der Waals surface area contributed by atoms with Crippen LogP contribution in [-0.4, -0.2) is 34.8 Å². The number of nitrogens with zero attached hydrogens (tertiary/aromatic N) is 2. The third kappa shape index (κ3) is 2.71. The predicted molar refractivity (Wildman–Crippen MR) is 74.9 cm³/mol. The summed E-state index contributed by atoms with van der Waals surface area (Å²) in [6.45, 7) is 0. The van der Waals surface area contributed by atoms with Gasteiger partial charge in [0.2, 0.25) is 0 Å². The van der Waals surface area contributed by atoms with E-state index in [1.165, 1.54) is 19.3 Å².